The van der Waals surface area contributed by atoms with Crippen molar-refractivity contribution in [3.05, 3.63) is 48.6 Å². The molecule has 1 unspecified atom stereocenters. The highest BCUT2D eigenvalue weighted by Gasteiger charge is 2.28. The number of aliphatic hydroxyl groups excluding tert-OH is 3. The number of carbonyl (C=O) groups excluding carboxylic acids is 2. The van der Waals surface area contributed by atoms with E-state index in [0.29, 0.717) is 32.1 Å². The standard InChI is InChI=1S/C42H76O15P2/c1-3-5-7-9-11-12-13-14-15-16-17-18-19-23-27-31-41(46)53-35-38(36-56-59(51,52)55-34-37(43)33-54-58(48,49)50)57-42(47)32-28-24-20-22-26-30-40(45)39(44)29-25-21-10-8-6-4-2/h11-12,14-15,17-18,21,25,37-40,43-45H,3-10,13,16,19-20,22-24,26-36H2,1-2H3,(H,51,52)(H2,48,49,50)/b12-11-,15-14-,18-17-,25-21-/t37-,38+,39-,40-/m0/s1. The number of phosphoric ester groups is 2. The number of allylic oxidation sites excluding steroid dienone is 7. The van der Waals surface area contributed by atoms with Gasteiger partial charge in [0, 0.05) is 12.8 Å². The van der Waals surface area contributed by atoms with Crippen LogP contribution in [-0.2, 0) is 41.8 Å². The Hall–Kier alpha value is -2.00. The molecule has 0 aliphatic heterocycles. The van der Waals surface area contributed by atoms with Crippen molar-refractivity contribution >= 4 is 27.6 Å². The number of carbonyl (C=O) groups is 2. The summed E-state index contributed by atoms with van der Waals surface area (Å²) in [5.41, 5.74) is 0. The summed E-state index contributed by atoms with van der Waals surface area (Å²) in [5, 5.41) is 30.2. The smallest absolute Gasteiger partial charge is 0.462 e. The molecule has 6 N–H and O–H groups in total. The zero-order valence-corrected chi connectivity index (χ0v) is 37.4. The van der Waals surface area contributed by atoms with Crippen LogP contribution in [-0.4, -0.2) is 92.8 Å². The Labute approximate surface area is 353 Å². The van der Waals surface area contributed by atoms with Gasteiger partial charge in [-0.2, -0.15) is 0 Å². The van der Waals surface area contributed by atoms with Gasteiger partial charge in [-0.3, -0.25) is 23.2 Å². The number of hydrogen-bond donors (Lipinski definition) is 6. The summed E-state index contributed by atoms with van der Waals surface area (Å²) in [4.78, 5) is 52.6. The first-order chi connectivity index (χ1) is 28.2. The number of phosphoric acid groups is 2. The Bertz CT molecular complexity index is 1270. The molecule has 59 heavy (non-hydrogen) atoms. The van der Waals surface area contributed by atoms with Crippen LogP contribution in [0.2, 0.25) is 0 Å². The molecule has 0 radical (unpaired) electrons. The molecule has 15 nitrogen and oxygen atoms in total. The highest BCUT2D eigenvalue weighted by molar-refractivity contribution is 7.47. The maximum Gasteiger partial charge on any atom is 0.472 e. The third-order valence-corrected chi connectivity index (χ3v) is 10.3. The Kier molecular flexibility index (Phi) is 36.5. The molecule has 0 rings (SSSR count). The molecule has 0 aliphatic carbocycles. The molecule has 0 saturated carbocycles. The Morgan fingerprint density at radius 3 is 1.64 bits per heavy atom. The van der Waals surface area contributed by atoms with E-state index < -0.39 is 78.4 Å². The number of aliphatic hydroxyl groups is 3. The van der Waals surface area contributed by atoms with E-state index in [2.05, 4.69) is 59.4 Å². The van der Waals surface area contributed by atoms with Gasteiger partial charge in [0.15, 0.2) is 6.10 Å². The molecule has 17 heteroatoms. The van der Waals surface area contributed by atoms with E-state index >= 15 is 0 Å². The van der Waals surface area contributed by atoms with Crippen molar-refractivity contribution in [2.75, 3.05) is 26.4 Å². The minimum Gasteiger partial charge on any atom is -0.462 e. The Balaban J connectivity index is 4.72. The van der Waals surface area contributed by atoms with Crippen molar-refractivity contribution in [3.8, 4) is 0 Å². The van der Waals surface area contributed by atoms with Gasteiger partial charge < -0.3 is 39.5 Å². The van der Waals surface area contributed by atoms with Crippen molar-refractivity contribution in [1.29, 1.82) is 0 Å². The van der Waals surface area contributed by atoms with Gasteiger partial charge in [-0.25, -0.2) is 9.13 Å². The van der Waals surface area contributed by atoms with E-state index in [1.807, 2.05) is 12.2 Å². The number of ether oxygens (including phenoxy) is 2. The summed E-state index contributed by atoms with van der Waals surface area (Å²) in [6, 6.07) is 0. The number of unbranched alkanes of at least 4 members (excludes halogenated alkanes) is 12. The van der Waals surface area contributed by atoms with Crippen molar-refractivity contribution in [2.24, 2.45) is 0 Å². The number of rotatable bonds is 40. The summed E-state index contributed by atoms with van der Waals surface area (Å²) in [5.74, 6) is -1.19. The van der Waals surface area contributed by atoms with Gasteiger partial charge >= 0.3 is 27.6 Å². The molecular weight excluding hydrogens is 806 g/mol. The van der Waals surface area contributed by atoms with Gasteiger partial charge in [-0.05, 0) is 77.0 Å². The van der Waals surface area contributed by atoms with Crippen LogP contribution in [0.3, 0.4) is 0 Å². The van der Waals surface area contributed by atoms with E-state index in [-0.39, 0.29) is 12.8 Å². The van der Waals surface area contributed by atoms with Gasteiger partial charge in [0.25, 0.3) is 0 Å². The van der Waals surface area contributed by atoms with Crippen LogP contribution in [0.5, 0.6) is 0 Å². The van der Waals surface area contributed by atoms with Crippen molar-refractivity contribution < 1.29 is 71.8 Å². The SMILES string of the molecule is CCCCC/C=C\C/C=C\C/C=C\CCCCC(=O)OC[C@H](COP(=O)(O)OC[C@@H](O)COP(=O)(O)O)OC(=O)CCCCCCC[C@H](O)[C@@H](O)C/C=C\CCCCC. The average Bonchev–Trinajstić information content (AvgIpc) is 3.19. The fraction of sp³-hybridized carbons (Fsp3) is 0.762. The summed E-state index contributed by atoms with van der Waals surface area (Å²) < 4.78 is 47.6. The lowest BCUT2D eigenvalue weighted by atomic mass is 10.0. The monoisotopic (exact) mass is 882 g/mol. The molecular formula is C42H76O15P2. The molecule has 0 aromatic carbocycles. The minimum absolute atomic E-state index is 0.0227. The van der Waals surface area contributed by atoms with E-state index in [1.54, 1.807) is 0 Å². The fourth-order valence-electron chi connectivity index (χ4n) is 5.43. The second-order valence-corrected chi connectivity index (χ2v) is 17.3. The second-order valence-electron chi connectivity index (χ2n) is 14.6. The minimum atomic E-state index is -4.89. The fourth-order valence-corrected chi connectivity index (χ4v) is 6.59. The molecule has 0 saturated heterocycles. The zero-order chi connectivity index (χ0) is 44.0. The van der Waals surface area contributed by atoms with Crippen LogP contribution < -0.4 is 0 Å². The van der Waals surface area contributed by atoms with E-state index in [9.17, 15) is 38.9 Å². The third kappa shape index (κ3) is 39.9. The van der Waals surface area contributed by atoms with Crippen LogP contribution >= 0.6 is 15.6 Å². The van der Waals surface area contributed by atoms with Gasteiger partial charge in [0.1, 0.15) is 12.7 Å². The molecule has 0 spiro atoms. The van der Waals surface area contributed by atoms with E-state index in [4.69, 9.17) is 23.8 Å². The summed E-state index contributed by atoms with van der Waals surface area (Å²) in [6.45, 7) is 1.44. The summed E-state index contributed by atoms with van der Waals surface area (Å²) in [7, 11) is -9.74. The van der Waals surface area contributed by atoms with Crippen LogP contribution in [0, 0.1) is 0 Å². The van der Waals surface area contributed by atoms with Gasteiger partial charge in [0.2, 0.25) is 0 Å². The maximum absolute atomic E-state index is 12.7. The lowest BCUT2D eigenvalue weighted by molar-refractivity contribution is -0.161. The Morgan fingerprint density at radius 1 is 0.542 bits per heavy atom. The molecule has 0 fully saturated rings. The number of hydrogen-bond acceptors (Lipinski definition) is 12. The van der Waals surface area contributed by atoms with Gasteiger partial charge in [-0.1, -0.05) is 114 Å². The first kappa shape index (κ1) is 57.0. The summed E-state index contributed by atoms with van der Waals surface area (Å²) >= 11 is 0. The molecule has 0 bridgehead atoms. The normalized spacial score (nSPS) is 15.6. The predicted molar refractivity (Wildman–Crippen MR) is 228 cm³/mol. The van der Waals surface area contributed by atoms with Crippen LogP contribution in [0.15, 0.2) is 48.6 Å². The summed E-state index contributed by atoms with van der Waals surface area (Å²) in [6.07, 6.45) is 29.9. The van der Waals surface area contributed by atoms with Crippen LogP contribution in [0.25, 0.3) is 0 Å². The molecule has 0 amide bonds. The molecule has 344 valence electrons. The van der Waals surface area contributed by atoms with Gasteiger partial charge in [0.05, 0.1) is 32.0 Å². The lowest BCUT2D eigenvalue weighted by Crippen LogP contribution is -2.30. The molecule has 0 heterocycles. The topological polar surface area (TPSA) is 236 Å². The maximum atomic E-state index is 12.7. The Morgan fingerprint density at radius 2 is 1.03 bits per heavy atom. The highest BCUT2D eigenvalue weighted by Crippen LogP contribution is 2.43. The van der Waals surface area contributed by atoms with Crippen molar-refractivity contribution in [1.82, 2.24) is 0 Å². The largest absolute Gasteiger partial charge is 0.472 e. The molecule has 5 atom stereocenters. The predicted octanol–water partition coefficient (Wildman–Crippen LogP) is 8.61. The number of esters is 2. The third-order valence-electron chi connectivity index (χ3n) is 8.88. The molecule has 0 aromatic rings. The van der Waals surface area contributed by atoms with Crippen molar-refractivity contribution in [3.63, 3.8) is 0 Å². The van der Waals surface area contributed by atoms with Crippen molar-refractivity contribution in [2.45, 2.75) is 180 Å². The van der Waals surface area contributed by atoms with Gasteiger partial charge in [-0.15, -0.1) is 0 Å². The van der Waals surface area contributed by atoms with Crippen LogP contribution in [0.1, 0.15) is 155 Å². The van der Waals surface area contributed by atoms with Crippen LogP contribution in [0.4, 0.5) is 0 Å². The molecule has 0 aromatic heterocycles. The second kappa shape index (κ2) is 37.7. The average molecular weight is 883 g/mol. The first-order valence-corrected chi connectivity index (χ1v) is 24.5. The quantitative estimate of drug-likeness (QED) is 0.0146. The highest BCUT2D eigenvalue weighted by atomic mass is 31.2. The zero-order valence-electron chi connectivity index (χ0n) is 35.6. The lowest BCUT2D eigenvalue weighted by Gasteiger charge is -2.20. The van der Waals surface area contributed by atoms with E-state index in [1.165, 1.54) is 25.7 Å². The first-order valence-electron chi connectivity index (χ1n) is 21.5. The van der Waals surface area contributed by atoms with E-state index in [0.717, 1.165) is 70.6 Å². The molecule has 0 aliphatic rings.